The second-order valence-electron chi connectivity index (χ2n) is 6.01. The zero-order valence-corrected chi connectivity index (χ0v) is 15.5. The highest BCUT2D eigenvalue weighted by atomic mass is 16.7. The summed E-state index contributed by atoms with van der Waals surface area (Å²) in [4.78, 5) is 17.5. The van der Waals surface area contributed by atoms with Crippen LogP contribution >= 0.6 is 0 Å². The molecule has 27 heavy (non-hydrogen) atoms. The van der Waals surface area contributed by atoms with Crippen LogP contribution in [0.4, 0.5) is 0 Å². The summed E-state index contributed by atoms with van der Waals surface area (Å²) in [7, 11) is 1.60. The van der Waals surface area contributed by atoms with Gasteiger partial charge in [-0.25, -0.2) is 10.3 Å². The lowest BCUT2D eigenvalue weighted by atomic mass is 10.1. The zero-order valence-electron chi connectivity index (χ0n) is 15.5. The number of hydrogen-bond donors (Lipinski definition) is 1. The molecule has 0 aliphatic carbocycles. The molecular formula is C21H23NO5. The first-order chi connectivity index (χ1) is 13.2. The predicted molar refractivity (Wildman–Crippen MR) is 102 cm³/mol. The highest BCUT2D eigenvalue weighted by Gasteiger charge is 2.17. The van der Waals surface area contributed by atoms with Crippen LogP contribution in [0.2, 0.25) is 0 Å². The topological polar surface area (TPSA) is 66.0 Å². The van der Waals surface area contributed by atoms with Crippen LogP contribution in [0.25, 0.3) is 5.70 Å². The molecule has 1 aliphatic heterocycles. The van der Waals surface area contributed by atoms with Crippen molar-refractivity contribution in [1.29, 1.82) is 0 Å². The minimum atomic E-state index is -0.474. The first-order valence-corrected chi connectivity index (χ1v) is 8.92. The Morgan fingerprint density at radius 3 is 2.67 bits per heavy atom. The second-order valence-corrected chi connectivity index (χ2v) is 6.01. The summed E-state index contributed by atoms with van der Waals surface area (Å²) in [5.41, 5.74) is 4.64. The van der Waals surface area contributed by atoms with E-state index in [4.69, 9.17) is 19.0 Å². The number of fused-ring (bicyclic) bond motifs is 1. The molecule has 0 spiro atoms. The standard InChI is InChI=1S/C21H23NO5/c1-3-4-12-25-16-7-5-15(6-8-16)21(23)27-22-19-11-13-26-20-14-17(24-2)9-10-18(19)20/h5-11,14,22H,3-4,12-13H2,1-2H3. The van der Waals surface area contributed by atoms with Crippen LogP contribution in [0, 0.1) is 0 Å². The Balaban J connectivity index is 1.59. The third-order valence-corrected chi connectivity index (χ3v) is 4.12. The monoisotopic (exact) mass is 369 g/mol. The number of hydrogen-bond acceptors (Lipinski definition) is 6. The molecule has 0 saturated heterocycles. The summed E-state index contributed by atoms with van der Waals surface area (Å²) >= 11 is 0. The quantitative estimate of drug-likeness (QED) is 0.561. The molecule has 2 aromatic rings. The van der Waals surface area contributed by atoms with Gasteiger partial charge in [-0.05, 0) is 48.9 Å². The van der Waals surface area contributed by atoms with Crippen molar-refractivity contribution in [1.82, 2.24) is 5.48 Å². The molecule has 0 fully saturated rings. The van der Waals surface area contributed by atoms with E-state index >= 15 is 0 Å². The van der Waals surface area contributed by atoms with Crippen molar-refractivity contribution in [2.24, 2.45) is 0 Å². The maximum atomic E-state index is 12.3. The van der Waals surface area contributed by atoms with Gasteiger partial charge in [-0.1, -0.05) is 13.3 Å². The molecule has 0 aromatic heterocycles. The number of rotatable bonds is 8. The molecule has 1 N–H and O–H groups in total. The summed E-state index contributed by atoms with van der Waals surface area (Å²) in [6.45, 7) is 3.16. The lowest BCUT2D eigenvalue weighted by Gasteiger charge is -2.20. The summed E-state index contributed by atoms with van der Waals surface area (Å²) in [6, 6.07) is 12.4. The van der Waals surface area contributed by atoms with Crippen LogP contribution in [0.5, 0.6) is 17.2 Å². The molecule has 6 heteroatoms. The molecule has 6 nitrogen and oxygen atoms in total. The molecule has 0 bridgehead atoms. The van der Waals surface area contributed by atoms with Gasteiger partial charge in [0, 0.05) is 11.6 Å². The molecule has 1 heterocycles. The maximum absolute atomic E-state index is 12.3. The Bertz CT molecular complexity index is 814. The van der Waals surface area contributed by atoms with Gasteiger partial charge in [-0.2, -0.15) is 0 Å². The van der Waals surface area contributed by atoms with Crippen molar-refractivity contribution in [3.63, 3.8) is 0 Å². The molecule has 1 aliphatic rings. The fraction of sp³-hybridized carbons (Fsp3) is 0.286. The van der Waals surface area contributed by atoms with Crippen molar-refractivity contribution < 1.29 is 23.8 Å². The number of carbonyl (C=O) groups excluding carboxylic acids is 1. The summed E-state index contributed by atoms with van der Waals surface area (Å²) in [5.74, 6) is 1.64. The molecule has 3 rings (SSSR count). The van der Waals surface area contributed by atoms with Gasteiger partial charge in [0.1, 0.15) is 23.9 Å². The first kappa shape index (κ1) is 18.6. The van der Waals surface area contributed by atoms with Crippen molar-refractivity contribution in [3.8, 4) is 17.2 Å². The molecule has 0 amide bonds. The van der Waals surface area contributed by atoms with Gasteiger partial charge >= 0.3 is 5.97 Å². The van der Waals surface area contributed by atoms with Crippen LogP contribution in [0.15, 0.2) is 48.5 Å². The van der Waals surface area contributed by atoms with Crippen LogP contribution < -0.4 is 19.7 Å². The average molecular weight is 369 g/mol. The van der Waals surface area contributed by atoms with E-state index in [-0.39, 0.29) is 0 Å². The van der Waals surface area contributed by atoms with Crippen LogP contribution in [-0.4, -0.2) is 26.3 Å². The third kappa shape index (κ3) is 4.73. The molecule has 142 valence electrons. The van der Waals surface area contributed by atoms with Crippen LogP contribution in [0.3, 0.4) is 0 Å². The van der Waals surface area contributed by atoms with Crippen LogP contribution in [-0.2, 0) is 4.84 Å². The SMILES string of the molecule is CCCCOc1ccc(C(=O)ONC2=CCOc3cc(OC)ccc32)cc1. The van der Waals surface area contributed by atoms with E-state index in [0.717, 1.165) is 24.2 Å². The Labute approximate surface area is 158 Å². The Morgan fingerprint density at radius 1 is 1.15 bits per heavy atom. The summed E-state index contributed by atoms with van der Waals surface area (Å²) in [6.07, 6.45) is 3.89. The van der Waals surface area contributed by atoms with Crippen molar-refractivity contribution >= 4 is 11.7 Å². The Kier molecular flexibility index (Phi) is 6.20. The van der Waals surface area contributed by atoms with Gasteiger partial charge in [-0.15, -0.1) is 0 Å². The number of hydroxylamine groups is 1. The largest absolute Gasteiger partial charge is 0.497 e. The van der Waals surface area contributed by atoms with Gasteiger partial charge in [0.15, 0.2) is 0 Å². The number of unbranched alkanes of at least 4 members (excludes halogenated alkanes) is 1. The molecule has 0 atom stereocenters. The maximum Gasteiger partial charge on any atom is 0.362 e. The summed E-state index contributed by atoms with van der Waals surface area (Å²) < 4.78 is 16.4. The minimum absolute atomic E-state index is 0.379. The smallest absolute Gasteiger partial charge is 0.362 e. The fourth-order valence-corrected chi connectivity index (χ4v) is 2.57. The predicted octanol–water partition coefficient (Wildman–Crippen LogP) is 3.97. The number of benzene rings is 2. The highest BCUT2D eigenvalue weighted by molar-refractivity contribution is 5.89. The van der Waals surface area contributed by atoms with E-state index in [1.807, 2.05) is 18.2 Å². The zero-order chi connectivity index (χ0) is 19.1. The van der Waals surface area contributed by atoms with Gasteiger partial charge in [0.25, 0.3) is 0 Å². The summed E-state index contributed by atoms with van der Waals surface area (Å²) in [5, 5.41) is 0. The van der Waals surface area contributed by atoms with Crippen molar-refractivity contribution in [2.75, 3.05) is 20.3 Å². The van der Waals surface area contributed by atoms with Crippen molar-refractivity contribution in [2.45, 2.75) is 19.8 Å². The molecule has 0 radical (unpaired) electrons. The average Bonchev–Trinajstić information content (AvgIpc) is 2.72. The molecule has 0 unspecified atom stereocenters. The minimum Gasteiger partial charge on any atom is -0.497 e. The van der Waals surface area contributed by atoms with E-state index in [1.165, 1.54) is 0 Å². The highest BCUT2D eigenvalue weighted by Crippen LogP contribution is 2.31. The van der Waals surface area contributed by atoms with Gasteiger partial charge in [0.05, 0.1) is 25.0 Å². The number of methoxy groups -OCH3 is 1. The van der Waals surface area contributed by atoms with Gasteiger partial charge < -0.3 is 19.0 Å². The molecular weight excluding hydrogens is 346 g/mol. The number of nitrogens with one attached hydrogen (secondary N) is 1. The van der Waals surface area contributed by atoms with E-state index < -0.39 is 5.97 Å². The normalized spacial score (nSPS) is 12.3. The second kappa shape index (κ2) is 8.98. The molecule has 0 saturated carbocycles. The van der Waals surface area contributed by atoms with E-state index in [0.29, 0.717) is 36.0 Å². The van der Waals surface area contributed by atoms with Gasteiger partial charge in [-0.3, -0.25) is 0 Å². The van der Waals surface area contributed by atoms with Gasteiger partial charge in [0.2, 0.25) is 0 Å². The number of ether oxygens (including phenoxy) is 3. The lowest BCUT2D eigenvalue weighted by molar-refractivity contribution is 0.0366. The van der Waals surface area contributed by atoms with E-state index in [9.17, 15) is 4.79 Å². The third-order valence-electron chi connectivity index (χ3n) is 4.12. The van der Waals surface area contributed by atoms with E-state index in [1.54, 1.807) is 37.4 Å². The Morgan fingerprint density at radius 2 is 1.93 bits per heavy atom. The molecule has 2 aromatic carbocycles. The Hall–Kier alpha value is -3.15. The first-order valence-electron chi connectivity index (χ1n) is 8.92. The van der Waals surface area contributed by atoms with E-state index in [2.05, 4.69) is 12.4 Å². The van der Waals surface area contributed by atoms with Crippen LogP contribution in [0.1, 0.15) is 35.7 Å². The number of carbonyl (C=O) groups is 1. The fourth-order valence-electron chi connectivity index (χ4n) is 2.57. The van der Waals surface area contributed by atoms with Crippen molar-refractivity contribution in [3.05, 3.63) is 59.7 Å². The lowest BCUT2D eigenvalue weighted by Crippen LogP contribution is -2.21.